The highest BCUT2D eigenvalue weighted by atomic mass is 19.4. The van der Waals surface area contributed by atoms with Gasteiger partial charge in [-0.05, 0) is 54.2 Å². The third-order valence-corrected chi connectivity index (χ3v) is 6.82. The van der Waals surface area contributed by atoms with Gasteiger partial charge in [-0.2, -0.15) is 22.0 Å². The van der Waals surface area contributed by atoms with Gasteiger partial charge in [0.1, 0.15) is 18.4 Å². The summed E-state index contributed by atoms with van der Waals surface area (Å²) in [5.74, 6) is -0.331. The lowest BCUT2D eigenvalue weighted by molar-refractivity contribution is -0.138. The van der Waals surface area contributed by atoms with E-state index in [1.807, 2.05) is 6.92 Å². The Labute approximate surface area is 196 Å². The molecule has 0 spiro atoms. The number of aldehydes is 1. The zero-order valence-electron chi connectivity index (χ0n) is 18.4. The first kappa shape index (κ1) is 23.1. The van der Waals surface area contributed by atoms with Crippen molar-refractivity contribution < 1.29 is 31.5 Å². The summed E-state index contributed by atoms with van der Waals surface area (Å²) in [6, 6.07) is 8.48. The Morgan fingerprint density at radius 1 is 1.17 bits per heavy atom. The molecule has 1 fully saturated rings. The standard InChI is InChI=1S/C24H19F5N4O2/c1-13-8-23(9-13,21-31-30-12-33(21)22(25)26)15-3-2-4-16(7-15)32-10-18-17(20(32)35)5-14(11-34)6-19(18)24(27,28)29/h2-7,11-13,22H,8-10H2,1H3. The van der Waals surface area contributed by atoms with Gasteiger partial charge in [0.2, 0.25) is 0 Å². The fourth-order valence-electron chi connectivity index (χ4n) is 5.34. The average Bonchev–Trinajstić information content (AvgIpc) is 3.41. The van der Waals surface area contributed by atoms with Crippen LogP contribution < -0.4 is 4.90 Å². The second kappa shape index (κ2) is 7.96. The predicted molar refractivity (Wildman–Crippen MR) is 114 cm³/mol. The first-order valence-corrected chi connectivity index (χ1v) is 10.8. The summed E-state index contributed by atoms with van der Waals surface area (Å²) in [5.41, 5.74) is -1.57. The van der Waals surface area contributed by atoms with Crippen LogP contribution in [0.4, 0.5) is 27.6 Å². The molecule has 2 heterocycles. The number of hydrogen-bond donors (Lipinski definition) is 0. The van der Waals surface area contributed by atoms with Crippen molar-refractivity contribution >= 4 is 17.9 Å². The SMILES string of the molecule is CC1CC(c2cccc(N3Cc4c(cc(C=O)cc4C(F)(F)F)C3=O)c2)(c2nncn2C(F)F)C1. The van der Waals surface area contributed by atoms with E-state index in [0.717, 1.165) is 18.5 Å². The molecule has 0 unspecified atom stereocenters. The Hall–Kier alpha value is -3.63. The summed E-state index contributed by atoms with van der Waals surface area (Å²) in [5, 5.41) is 7.63. The lowest BCUT2D eigenvalue weighted by Gasteiger charge is -2.46. The molecular formula is C24H19F5N4O2. The van der Waals surface area contributed by atoms with Gasteiger partial charge in [-0.1, -0.05) is 19.1 Å². The minimum Gasteiger partial charge on any atom is -0.304 e. The topological polar surface area (TPSA) is 68.1 Å². The van der Waals surface area contributed by atoms with E-state index in [1.165, 1.54) is 4.90 Å². The van der Waals surface area contributed by atoms with Gasteiger partial charge in [0, 0.05) is 16.8 Å². The first-order chi connectivity index (χ1) is 16.5. The minimum atomic E-state index is -4.74. The number of nitrogens with zero attached hydrogens (tertiary/aromatic N) is 4. The predicted octanol–water partition coefficient (Wildman–Crippen LogP) is 5.38. The number of alkyl halides is 5. The van der Waals surface area contributed by atoms with Crippen molar-refractivity contribution in [3.63, 3.8) is 0 Å². The molecule has 182 valence electrons. The zero-order chi connectivity index (χ0) is 25.1. The van der Waals surface area contributed by atoms with Crippen molar-refractivity contribution in [2.75, 3.05) is 4.90 Å². The van der Waals surface area contributed by atoms with E-state index in [0.29, 0.717) is 28.7 Å². The fraction of sp³-hybridized carbons (Fsp3) is 0.333. The molecule has 1 saturated carbocycles. The van der Waals surface area contributed by atoms with Crippen LogP contribution in [0, 0.1) is 5.92 Å². The lowest BCUT2D eigenvalue weighted by Crippen LogP contribution is -2.43. The van der Waals surface area contributed by atoms with Gasteiger partial charge < -0.3 is 4.90 Å². The fourth-order valence-corrected chi connectivity index (χ4v) is 5.34. The van der Waals surface area contributed by atoms with Gasteiger partial charge in [-0.3, -0.25) is 14.2 Å². The van der Waals surface area contributed by atoms with Crippen LogP contribution >= 0.6 is 0 Å². The molecule has 3 aromatic rings. The largest absolute Gasteiger partial charge is 0.416 e. The summed E-state index contributed by atoms with van der Waals surface area (Å²) in [4.78, 5) is 25.5. The summed E-state index contributed by atoms with van der Waals surface area (Å²) in [7, 11) is 0. The molecule has 1 aliphatic carbocycles. The highest BCUT2D eigenvalue weighted by Crippen LogP contribution is 2.52. The van der Waals surface area contributed by atoms with E-state index in [9.17, 15) is 31.5 Å². The maximum atomic E-state index is 13.7. The maximum Gasteiger partial charge on any atom is 0.416 e. The molecule has 6 nitrogen and oxygen atoms in total. The van der Waals surface area contributed by atoms with E-state index >= 15 is 0 Å². The number of carbonyl (C=O) groups excluding carboxylic acids is 2. The molecule has 1 aromatic heterocycles. The molecule has 0 N–H and O–H groups in total. The highest BCUT2D eigenvalue weighted by Gasteiger charge is 2.49. The molecule has 0 bridgehead atoms. The highest BCUT2D eigenvalue weighted by molar-refractivity contribution is 6.11. The van der Waals surface area contributed by atoms with E-state index in [4.69, 9.17) is 0 Å². The van der Waals surface area contributed by atoms with Gasteiger partial charge in [-0.25, -0.2) is 0 Å². The number of rotatable bonds is 5. The number of hydrogen-bond acceptors (Lipinski definition) is 4. The van der Waals surface area contributed by atoms with Crippen LogP contribution in [0.25, 0.3) is 0 Å². The van der Waals surface area contributed by atoms with Crippen LogP contribution in [0.5, 0.6) is 0 Å². The Bertz CT molecular complexity index is 1330. The molecule has 1 amide bonds. The Kier molecular flexibility index (Phi) is 5.26. The second-order valence-electron chi connectivity index (χ2n) is 9.09. The van der Waals surface area contributed by atoms with Gasteiger partial charge in [0.25, 0.3) is 5.91 Å². The summed E-state index contributed by atoms with van der Waals surface area (Å²) in [6.45, 7) is -1.18. The van der Waals surface area contributed by atoms with E-state index in [-0.39, 0.29) is 41.3 Å². The lowest BCUT2D eigenvalue weighted by atomic mass is 9.58. The second-order valence-corrected chi connectivity index (χ2v) is 9.09. The number of benzene rings is 2. The Morgan fingerprint density at radius 2 is 1.91 bits per heavy atom. The van der Waals surface area contributed by atoms with Crippen molar-refractivity contribution in [1.82, 2.24) is 14.8 Å². The van der Waals surface area contributed by atoms with Crippen molar-refractivity contribution in [2.45, 2.75) is 44.5 Å². The minimum absolute atomic E-state index is 0.105. The van der Waals surface area contributed by atoms with E-state index in [2.05, 4.69) is 10.2 Å². The van der Waals surface area contributed by atoms with Crippen LogP contribution in [-0.4, -0.2) is 27.0 Å². The molecule has 0 radical (unpaired) electrons. The van der Waals surface area contributed by atoms with Crippen LogP contribution in [0.2, 0.25) is 0 Å². The van der Waals surface area contributed by atoms with Crippen molar-refractivity contribution in [2.24, 2.45) is 5.92 Å². The number of aromatic nitrogens is 3. The zero-order valence-corrected chi connectivity index (χ0v) is 18.4. The van der Waals surface area contributed by atoms with Gasteiger partial charge in [0.15, 0.2) is 0 Å². The third kappa shape index (κ3) is 3.60. The third-order valence-electron chi connectivity index (χ3n) is 6.82. The molecule has 11 heteroatoms. The van der Waals surface area contributed by atoms with Gasteiger partial charge >= 0.3 is 12.7 Å². The van der Waals surface area contributed by atoms with Crippen molar-refractivity contribution in [1.29, 1.82) is 0 Å². The van der Waals surface area contributed by atoms with E-state index < -0.39 is 29.6 Å². The van der Waals surface area contributed by atoms with Crippen LogP contribution in [0.3, 0.4) is 0 Å². The number of amides is 1. The molecule has 5 rings (SSSR count). The maximum absolute atomic E-state index is 13.7. The quantitative estimate of drug-likeness (QED) is 0.356. The molecule has 1 aliphatic heterocycles. The number of carbonyl (C=O) groups is 2. The Morgan fingerprint density at radius 3 is 2.54 bits per heavy atom. The molecular weight excluding hydrogens is 471 g/mol. The van der Waals surface area contributed by atoms with Crippen LogP contribution in [0.15, 0.2) is 42.7 Å². The molecule has 0 saturated heterocycles. The summed E-state index contributed by atoms with van der Waals surface area (Å²) < 4.78 is 68.9. The van der Waals surface area contributed by atoms with Crippen molar-refractivity contribution in [3.05, 3.63) is 76.4 Å². The molecule has 2 aromatic carbocycles. The first-order valence-electron chi connectivity index (χ1n) is 10.8. The van der Waals surface area contributed by atoms with Crippen molar-refractivity contribution in [3.8, 4) is 0 Å². The van der Waals surface area contributed by atoms with Gasteiger partial charge in [-0.15, -0.1) is 10.2 Å². The average molecular weight is 490 g/mol. The number of anilines is 1. The normalized spacial score (nSPS) is 21.9. The summed E-state index contributed by atoms with van der Waals surface area (Å²) >= 11 is 0. The number of halogens is 5. The van der Waals surface area contributed by atoms with Crippen LogP contribution in [-0.2, 0) is 18.1 Å². The van der Waals surface area contributed by atoms with Gasteiger partial charge in [0.05, 0.1) is 17.5 Å². The monoisotopic (exact) mass is 490 g/mol. The van der Waals surface area contributed by atoms with Crippen LogP contribution in [0.1, 0.15) is 69.5 Å². The van der Waals surface area contributed by atoms with E-state index in [1.54, 1.807) is 24.3 Å². The molecule has 0 atom stereocenters. The summed E-state index contributed by atoms with van der Waals surface area (Å²) in [6.07, 6.45) is -2.45. The smallest absolute Gasteiger partial charge is 0.304 e. The molecule has 35 heavy (non-hydrogen) atoms. The molecule has 2 aliphatic rings. The number of fused-ring (bicyclic) bond motifs is 1. The Balaban J connectivity index is 1.57.